The molecule has 0 bridgehead atoms. The van der Waals surface area contributed by atoms with Gasteiger partial charge in [-0.1, -0.05) is 23.7 Å². The first-order valence-electron chi connectivity index (χ1n) is 5.76. The van der Waals surface area contributed by atoms with Crippen LogP contribution in [-0.4, -0.2) is 7.11 Å². The van der Waals surface area contributed by atoms with E-state index < -0.39 is 0 Å². The van der Waals surface area contributed by atoms with Gasteiger partial charge in [0.15, 0.2) is 0 Å². The lowest BCUT2D eigenvalue weighted by Gasteiger charge is -2.15. The van der Waals surface area contributed by atoms with Crippen LogP contribution >= 0.6 is 39.1 Å². The first kappa shape index (κ1) is 14.7. The number of hydrogen-bond acceptors (Lipinski definition) is 1. The molecule has 0 radical (unpaired) electrons. The SMILES string of the molecule is COc1ccc(C(Cl)c2ccc(Cl)cc2C)cc1Br. The van der Waals surface area contributed by atoms with Gasteiger partial charge in [-0.15, -0.1) is 11.6 Å². The second kappa shape index (κ2) is 6.17. The van der Waals surface area contributed by atoms with Crippen molar-refractivity contribution in [3.63, 3.8) is 0 Å². The Balaban J connectivity index is 2.38. The summed E-state index contributed by atoms with van der Waals surface area (Å²) in [7, 11) is 1.64. The van der Waals surface area contributed by atoms with E-state index in [9.17, 15) is 0 Å². The van der Waals surface area contributed by atoms with Crippen LogP contribution in [0.3, 0.4) is 0 Å². The monoisotopic (exact) mass is 358 g/mol. The molecule has 1 nitrogen and oxygen atoms in total. The molecule has 0 aliphatic heterocycles. The molecule has 0 heterocycles. The molecule has 0 fully saturated rings. The molecular weight excluding hydrogens is 347 g/mol. The zero-order chi connectivity index (χ0) is 14.0. The highest BCUT2D eigenvalue weighted by Gasteiger charge is 2.15. The van der Waals surface area contributed by atoms with Gasteiger partial charge in [-0.05, 0) is 63.8 Å². The summed E-state index contributed by atoms with van der Waals surface area (Å²) in [4.78, 5) is 0. The molecule has 1 unspecified atom stereocenters. The maximum Gasteiger partial charge on any atom is 0.133 e. The molecule has 0 N–H and O–H groups in total. The van der Waals surface area contributed by atoms with E-state index in [0.29, 0.717) is 0 Å². The van der Waals surface area contributed by atoms with Gasteiger partial charge in [0.05, 0.1) is 17.0 Å². The Morgan fingerprint density at radius 2 is 1.89 bits per heavy atom. The number of methoxy groups -OCH3 is 1. The standard InChI is InChI=1S/C15H13BrCl2O/c1-9-7-11(17)4-5-12(9)15(18)10-3-6-14(19-2)13(16)8-10/h3-8,15H,1-2H3. The molecule has 0 amide bonds. The highest BCUT2D eigenvalue weighted by molar-refractivity contribution is 9.10. The fraction of sp³-hybridized carbons (Fsp3) is 0.200. The van der Waals surface area contributed by atoms with Crippen LogP contribution in [0.2, 0.25) is 5.02 Å². The van der Waals surface area contributed by atoms with Crippen LogP contribution in [0.5, 0.6) is 5.75 Å². The second-order valence-electron chi connectivity index (χ2n) is 4.26. The van der Waals surface area contributed by atoms with Gasteiger partial charge in [0.1, 0.15) is 5.75 Å². The van der Waals surface area contributed by atoms with Crippen molar-refractivity contribution in [1.82, 2.24) is 0 Å². The lowest BCUT2D eigenvalue weighted by atomic mass is 10.00. The van der Waals surface area contributed by atoms with E-state index in [-0.39, 0.29) is 5.38 Å². The highest BCUT2D eigenvalue weighted by Crippen LogP contribution is 2.35. The largest absolute Gasteiger partial charge is 0.496 e. The zero-order valence-corrected chi connectivity index (χ0v) is 13.7. The maximum absolute atomic E-state index is 6.55. The molecule has 4 heteroatoms. The van der Waals surface area contributed by atoms with Crippen LogP contribution in [0.25, 0.3) is 0 Å². The molecule has 0 aliphatic rings. The number of alkyl halides is 1. The molecule has 2 aromatic rings. The number of aryl methyl sites for hydroxylation is 1. The van der Waals surface area contributed by atoms with E-state index in [1.165, 1.54) is 0 Å². The highest BCUT2D eigenvalue weighted by atomic mass is 79.9. The van der Waals surface area contributed by atoms with E-state index in [0.717, 1.165) is 31.9 Å². The number of benzene rings is 2. The number of ether oxygens (including phenoxy) is 1. The summed E-state index contributed by atoms with van der Waals surface area (Å²) >= 11 is 16.0. The molecule has 0 spiro atoms. The third kappa shape index (κ3) is 3.25. The van der Waals surface area contributed by atoms with Crippen LogP contribution < -0.4 is 4.74 Å². The van der Waals surface area contributed by atoms with Gasteiger partial charge in [0, 0.05) is 5.02 Å². The molecule has 2 rings (SSSR count). The van der Waals surface area contributed by atoms with E-state index in [4.69, 9.17) is 27.9 Å². The quantitative estimate of drug-likeness (QED) is 0.634. The summed E-state index contributed by atoms with van der Waals surface area (Å²) in [6.45, 7) is 2.01. The molecule has 0 aliphatic carbocycles. The summed E-state index contributed by atoms with van der Waals surface area (Å²) in [5, 5.41) is 0.514. The Bertz CT molecular complexity index is 599. The van der Waals surface area contributed by atoms with Gasteiger partial charge >= 0.3 is 0 Å². The Labute approximate surface area is 131 Å². The Kier molecular flexibility index (Phi) is 4.77. The number of rotatable bonds is 3. The van der Waals surface area contributed by atoms with E-state index in [1.54, 1.807) is 7.11 Å². The molecule has 1 atom stereocenters. The van der Waals surface area contributed by atoms with Gasteiger partial charge in [-0.2, -0.15) is 0 Å². The molecule has 0 saturated heterocycles. The minimum Gasteiger partial charge on any atom is -0.496 e. The van der Waals surface area contributed by atoms with Crippen LogP contribution in [0.1, 0.15) is 22.1 Å². The van der Waals surface area contributed by atoms with Gasteiger partial charge in [0.2, 0.25) is 0 Å². The first-order valence-corrected chi connectivity index (χ1v) is 7.37. The Morgan fingerprint density at radius 1 is 1.16 bits per heavy atom. The normalized spacial score (nSPS) is 12.3. The van der Waals surface area contributed by atoms with Gasteiger partial charge in [-0.25, -0.2) is 0 Å². The third-order valence-corrected chi connectivity index (χ3v) is 4.32. The van der Waals surface area contributed by atoms with E-state index in [2.05, 4.69) is 15.9 Å². The van der Waals surface area contributed by atoms with Gasteiger partial charge < -0.3 is 4.74 Å². The lowest BCUT2D eigenvalue weighted by Crippen LogP contribution is -1.97. The molecule has 0 saturated carbocycles. The minimum atomic E-state index is -0.209. The maximum atomic E-state index is 6.55. The summed E-state index contributed by atoms with van der Waals surface area (Å²) < 4.78 is 6.11. The van der Waals surface area contributed by atoms with Crippen LogP contribution in [0, 0.1) is 6.92 Å². The van der Waals surface area contributed by atoms with Crippen molar-refractivity contribution >= 4 is 39.1 Å². The first-order chi connectivity index (χ1) is 9.02. The molecule has 19 heavy (non-hydrogen) atoms. The van der Waals surface area contributed by atoms with Crippen molar-refractivity contribution in [2.45, 2.75) is 12.3 Å². The summed E-state index contributed by atoms with van der Waals surface area (Å²) in [5.74, 6) is 0.792. The van der Waals surface area contributed by atoms with Crippen LogP contribution in [0.15, 0.2) is 40.9 Å². The minimum absolute atomic E-state index is 0.209. The Morgan fingerprint density at radius 3 is 2.47 bits per heavy atom. The predicted octanol–water partition coefficient (Wildman–Crippen LogP) is 5.75. The van der Waals surface area contributed by atoms with Crippen molar-refractivity contribution in [3.8, 4) is 5.75 Å². The summed E-state index contributed by atoms with van der Waals surface area (Å²) in [6.07, 6.45) is 0. The smallest absolute Gasteiger partial charge is 0.133 e. The molecular formula is C15H13BrCl2O. The molecule has 2 aromatic carbocycles. The van der Waals surface area contributed by atoms with Crippen molar-refractivity contribution in [2.75, 3.05) is 7.11 Å². The van der Waals surface area contributed by atoms with Crippen molar-refractivity contribution in [3.05, 3.63) is 62.6 Å². The summed E-state index contributed by atoms with van der Waals surface area (Å²) in [5.41, 5.74) is 3.15. The third-order valence-electron chi connectivity index (χ3n) is 2.97. The van der Waals surface area contributed by atoms with E-state index in [1.807, 2.05) is 43.3 Å². The van der Waals surface area contributed by atoms with Gasteiger partial charge in [-0.3, -0.25) is 0 Å². The Hall–Kier alpha value is -0.700. The topological polar surface area (TPSA) is 9.23 Å². The fourth-order valence-corrected chi connectivity index (χ4v) is 3.11. The predicted molar refractivity (Wildman–Crippen MR) is 84.6 cm³/mol. The number of hydrogen-bond donors (Lipinski definition) is 0. The molecule has 0 aromatic heterocycles. The average Bonchev–Trinajstić information content (AvgIpc) is 2.38. The fourth-order valence-electron chi connectivity index (χ4n) is 1.94. The van der Waals surface area contributed by atoms with Crippen molar-refractivity contribution < 1.29 is 4.74 Å². The van der Waals surface area contributed by atoms with Gasteiger partial charge in [0.25, 0.3) is 0 Å². The number of halogens is 3. The van der Waals surface area contributed by atoms with E-state index >= 15 is 0 Å². The molecule has 100 valence electrons. The van der Waals surface area contributed by atoms with Crippen molar-refractivity contribution in [2.24, 2.45) is 0 Å². The van der Waals surface area contributed by atoms with Crippen molar-refractivity contribution in [1.29, 1.82) is 0 Å². The summed E-state index contributed by atoms with van der Waals surface area (Å²) in [6, 6.07) is 11.6. The lowest BCUT2D eigenvalue weighted by molar-refractivity contribution is 0.412. The van der Waals surface area contributed by atoms with Crippen LogP contribution in [-0.2, 0) is 0 Å². The average molecular weight is 360 g/mol. The second-order valence-corrected chi connectivity index (χ2v) is 5.98. The van der Waals surface area contributed by atoms with Crippen LogP contribution in [0.4, 0.5) is 0 Å². The zero-order valence-electron chi connectivity index (χ0n) is 10.6.